The van der Waals surface area contributed by atoms with Gasteiger partial charge in [-0.05, 0) is 0 Å². The molecule has 0 unspecified atom stereocenters. The van der Waals surface area contributed by atoms with Crippen LogP contribution in [0.3, 0.4) is 0 Å². The topological polar surface area (TPSA) is 95.2 Å². The van der Waals surface area contributed by atoms with Gasteiger partial charge in [0.2, 0.25) is 0 Å². The minimum atomic E-state index is 0. The van der Waals surface area contributed by atoms with E-state index in [0.717, 1.165) is 9.79 Å². The monoisotopic (exact) mass is 822 g/mol. The van der Waals surface area contributed by atoms with E-state index in [4.69, 9.17) is 47.3 Å². The van der Waals surface area contributed by atoms with Crippen molar-refractivity contribution in [1.29, 1.82) is 21.0 Å². The van der Waals surface area contributed by atoms with E-state index in [1.807, 2.05) is 0 Å². The molecule has 0 aromatic heterocycles. The summed E-state index contributed by atoms with van der Waals surface area (Å²) in [6.07, 6.45) is 6.26. The molecule has 0 radical (unpaired) electrons. The fourth-order valence-corrected chi connectivity index (χ4v) is 15.8. The summed E-state index contributed by atoms with van der Waals surface area (Å²) in [5, 5.41) is 25.0. The van der Waals surface area contributed by atoms with E-state index in [0.29, 0.717) is 0 Å². The summed E-state index contributed by atoms with van der Waals surface area (Å²) in [5.41, 5.74) is 0. The van der Waals surface area contributed by atoms with Crippen LogP contribution in [0.25, 0.3) is 0 Å². The van der Waals surface area contributed by atoms with Gasteiger partial charge in [-0.15, -0.1) is 0 Å². The molecule has 0 saturated heterocycles. The van der Waals surface area contributed by atoms with Gasteiger partial charge in [-0.25, -0.2) is 0 Å². The van der Waals surface area contributed by atoms with Crippen LogP contribution in [0.4, 0.5) is 0 Å². The van der Waals surface area contributed by atoms with Crippen LogP contribution in [0.1, 0.15) is 25.7 Å². The molecule has 0 atom stereocenters. The van der Waals surface area contributed by atoms with Crippen molar-refractivity contribution in [3.8, 4) is 0 Å². The molecule has 0 aromatic rings. The van der Waals surface area contributed by atoms with Crippen LogP contribution in [0, 0.1) is 47.3 Å². The Bertz CT molecular complexity index is 356. The number of nitrogens with zero attached hydrogens (tertiary/aromatic N) is 4. The molecule has 0 bridgehead atoms. The first kappa shape index (κ1) is 43.0. The average Bonchev–Trinajstić information content (AvgIpc) is 3.55. The van der Waals surface area contributed by atoms with Crippen LogP contribution in [-0.2, 0) is 42.1 Å². The van der Waals surface area contributed by atoms with Crippen LogP contribution < -0.4 is 0 Å². The van der Waals surface area contributed by atoms with Crippen molar-refractivity contribution in [2.75, 3.05) is 53.3 Å². The molecular weight excluding hydrogens is 786 g/mol. The molecule has 168 valence electrons. The predicted molar refractivity (Wildman–Crippen MR) is 124 cm³/mol. The fraction of sp³-hybridized carbons (Fsp3) is 0.778. The minimum absolute atomic E-state index is 0. The molecule has 0 N–H and O–H groups in total. The van der Waals surface area contributed by atoms with E-state index in [1.165, 1.54) is 0 Å². The molecule has 0 heterocycles. The zero-order valence-electron chi connectivity index (χ0n) is 18.2. The molecule has 0 amide bonds. The van der Waals surface area contributed by atoms with E-state index in [1.54, 1.807) is 25.7 Å². The maximum Gasteiger partial charge on any atom is 0.172 e. The molecule has 0 aliphatic heterocycles. The summed E-state index contributed by atoms with van der Waals surface area (Å²) in [6, 6.07) is 0. The summed E-state index contributed by atoms with van der Waals surface area (Å²) < 4.78 is 0. The second-order valence-corrected chi connectivity index (χ2v) is 20.0. The van der Waals surface area contributed by atoms with Crippen LogP contribution in [0.15, 0.2) is 0 Å². The van der Waals surface area contributed by atoms with Gasteiger partial charge in [-0.3, -0.25) is 0 Å². The molecule has 10 heteroatoms. The second kappa shape index (κ2) is 24.3. The van der Waals surface area contributed by atoms with E-state index in [-0.39, 0.29) is 73.8 Å². The van der Waals surface area contributed by atoms with Crippen molar-refractivity contribution in [2.24, 2.45) is 0 Å². The second-order valence-electron chi connectivity index (χ2n) is 7.16. The smallest absolute Gasteiger partial charge is 0.172 e. The van der Waals surface area contributed by atoms with Gasteiger partial charge in [0.1, 0.15) is 0 Å². The Morgan fingerprint density at radius 2 is 0.536 bits per heavy atom. The van der Waals surface area contributed by atoms with Crippen LogP contribution in [-0.4, -0.2) is 63.1 Å². The van der Waals surface area contributed by atoms with E-state index in [2.05, 4.69) is 53.3 Å². The quantitative estimate of drug-likeness (QED) is 0.287. The van der Waals surface area contributed by atoms with Crippen molar-refractivity contribution >= 4 is 31.7 Å². The van der Waals surface area contributed by atoms with Gasteiger partial charge in [-0.2, -0.15) is 0 Å². The molecule has 28 heavy (non-hydrogen) atoms. The number of hydrogen-bond acceptors (Lipinski definition) is 4. The summed E-state index contributed by atoms with van der Waals surface area (Å²) >= 11 is 0. The summed E-state index contributed by atoms with van der Waals surface area (Å²) in [5.74, 6) is 0. The molecule has 2 aliphatic carbocycles. The van der Waals surface area contributed by atoms with Crippen LogP contribution in [0.2, 0.25) is 0 Å². The summed E-state index contributed by atoms with van der Waals surface area (Å²) in [7, 11) is 0.184. The zero-order valence-corrected chi connectivity index (χ0v) is 26.8. The Morgan fingerprint density at radius 3 is 0.536 bits per heavy atom. The fourth-order valence-electron chi connectivity index (χ4n) is 3.25. The van der Waals surface area contributed by atoms with Crippen LogP contribution >= 0.6 is 31.7 Å². The van der Waals surface area contributed by atoms with Gasteiger partial charge in [0, 0.05) is 99.5 Å². The van der Waals surface area contributed by atoms with Gasteiger partial charge in [-0.1, -0.05) is 0 Å². The normalized spacial score (nSPS) is 15.3. The summed E-state index contributed by atoms with van der Waals surface area (Å²) in [4.78, 5) is 1.91. The van der Waals surface area contributed by atoms with Crippen LogP contribution in [0.5, 0.6) is 0 Å². The van der Waals surface area contributed by atoms with Crippen molar-refractivity contribution in [3.63, 3.8) is 0 Å². The molecule has 0 spiro atoms. The standard InChI is InChI=1S/2C7H16P2.4CN.2Pt/c2*1-8(2)7(5-6-7)9(3)4;4*1-2;;/h2*5-6H2,1-4H3;;;;;;/q;;4*-1;;/p+4. The van der Waals surface area contributed by atoms with E-state index in [9.17, 15) is 0 Å². The molecule has 0 aromatic carbocycles. The summed E-state index contributed by atoms with van der Waals surface area (Å²) in [6.45, 7) is 38.9. The van der Waals surface area contributed by atoms with Gasteiger partial charge in [0.15, 0.2) is 9.79 Å². The first-order valence-electron chi connectivity index (χ1n) is 8.31. The maximum atomic E-state index is 6.25. The van der Waals surface area contributed by atoms with Gasteiger partial charge >= 0.3 is 0 Å². The third-order valence-corrected chi connectivity index (χ3v) is 21.0. The zero-order chi connectivity index (χ0) is 22.1. The van der Waals surface area contributed by atoms with Gasteiger partial charge in [0.05, 0.1) is 53.3 Å². The molecule has 4 nitrogen and oxygen atoms in total. The third kappa shape index (κ3) is 14.9. The number of rotatable bonds is 4. The Morgan fingerprint density at radius 1 is 0.429 bits per heavy atom. The van der Waals surface area contributed by atoms with Gasteiger partial charge in [0.25, 0.3) is 0 Å². The van der Waals surface area contributed by atoms with Crippen molar-refractivity contribution in [2.45, 2.75) is 35.5 Å². The molecular formula is C18H36N4P4Pt2. The Labute approximate surface area is 208 Å². The first-order valence-corrected chi connectivity index (χ1v) is 18.3. The Balaban J connectivity index is -0.0000000606. The minimum Gasteiger partial charge on any atom is -0.512 e. The Hall–Kier alpha value is 1.06. The molecule has 2 saturated carbocycles. The largest absolute Gasteiger partial charge is 0.512 e. The van der Waals surface area contributed by atoms with Crippen molar-refractivity contribution in [1.82, 2.24) is 0 Å². The average molecular weight is 823 g/mol. The number of hydrogen-bond donors (Lipinski definition) is 0. The van der Waals surface area contributed by atoms with Crippen molar-refractivity contribution in [3.05, 3.63) is 26.3 Å². The first-order chi connectivity index (χ1) is 12.2. The van der Waals surface area contributed by atoms with Crippen molar-refractivity contribution < 1.29 is 42.1 Å². The SMILES string of the molecule is C[PH+](C)C1([PH+](C)C)CC1.C[PH+](C)C1([PH+](C)C)CC1.[C-]#N.[C-]#N.[C-]#N.[C-]#N.[Pt].[Pt]. The Kier molecular flexibility index (Phi) is 37.4. The molecule has 2 rings (SSSR count). The third-order valence-electron chi connectivity index (χ3n) is 5.33. The molecule has 2 fully saturated rings. The predicted octanol–water partition coefficient (Wildman–Crippen LogP) is 5.23. The van der Waals surface area contributed by atoms with Gasteiger partial charge < -0.3 is 47.3 Å². The maximum absolute atomic E-state index is 6.25. The molecule has 2 aliphatic rings. The van der Waals surface area contributed by atoms with E-state index >= 15 is 0 Å². The van der Waals surface area contributed by atoms with E-state index < -0.39 is 0 Å².